The van der Waals surface area contributed by atoms with Crippen molar-refractivity contribution in [2.45, 2.75) is 44.3 Å². The fourth-order valence-corrected chi connectivity index (χ4v) is 4.03. The minimum Gasteiger partial charge on any atom is -0.481 e. The highest BCUT2D eigenvalue weighted by Gasteiger charge is 2.20. The van der Waals surface area contributed by atoms with Gasteiger partial charge < -0.3 is 9.30 Å². The number of hydrogen-bond donors (Lipinski definition) is 0. The van der Waals surface area contributed by atoms with Gasteiger partial charge in [0, 0.05) is 12.3 Å². The second-order valence-corrected chi connectivity index (χ2v) is 7.48. The first kappa shape index (κ1) is 19.7. The summed E-state index contributed by atoms with van der Waals surface area (Å²) in [7, 11) is 0. The molecule has 0 fully saturated rings. The molecular formula is C20H21ClFN3OS. The van der Waals surface area contributed by atoms with Crippen molar-refractivity contribution in [1.29, 1.82) is 0 Å². The van der Waals surface area contributed by atoms with Gasteiger partial charge >= 0.3 is 0 Å². The maximum absolute atomic E-state index is 13.2. The van der Waals surface area contributed by atoms with E-state index in [1.54, 1.807) is 11.8 Å². The Morgan fingerprint density at radius 3 is 2.70 bits per heavy atom. The molecule has 0 bridgehead atoms. The molecule has 142 valence electrons. The molecule has 7 heteroatoms. The van der Waals surface area contributed by atoms with Gasteiger partial charge in [0.1, 0.15) is 11.6 Å². The molecular weight excluding hydrogens is 385 g/mol. The molecule has 0 N–H and O–H groups in total. The van der Waals surface area contributed by atoms with Gasteiger partial charge in [0.25, 0.3) is 0 Å². The summed E-state index contributed by atoms with van der Waals surface area (Å²) in [6, 6.07) is 12.4. The predicted octanol–water partition coefficient (Wildman–Crippen LogP) is 5.83. The van der Waals surface area contributed by atoms with Crippen LogP contribution in [0.3, 0.4) is 0 Å². The number of aromatic nitrogens is 3. The van der Waals surface area contributed by atoms with Gasteiger partial charge in [-0.15, -0.1) is 10.2 Å². The zero-order valence-electron chi connectivity index (χ0n) is 15.4. The number of rotatable bonds is 7. The highest BCUT2D eigenvalue weighted by Crippen LogP contribution is 2.31. The Morgan fingerprint density at radius 1 is 1.22 bits per heavy atom. The fraction of sp³-hybridized carbons (Fsp3) is 0.300. The van der Waals surface area contributed by atoms with Crippen molar-refractivity contribution < 1.29 is 9.13 Å². The molecule has 0 saturated carbocycles. The lowest BCUT2D eigenvalue weighted by molar-refractivity contribution is 0.210. The van der Waals surface area contributed by atoms with E-state index in [0.29, 0.717) is 11.6 Å². The Bertz CT molecular complexity index is 931. The third-order valence-corrected chi connectivity index (χ3v) is 5.55. The Kier molecular flexibility index (Phi) is 6.39. The van der Waals surface area contributed by atoms with E-state index in [4.69, 9.17) is 16.3 Å². The second-order valence-electron chi connectivity index (χ2n) is 6.14. The van der Waals surface area contributed by atoms with E-state index in [0.717, 1.165) is 17.5 Å². The molecule has 27 heavy (non-hydrogen) atoms. The number of ether oxygens (including phenoxy) is 1. The van der Waals surface area contributed by atoms with Crippen molar-refractivity contribution in [3.8, 4) is 5.75 Å². The normalized spacial score (nSPS) is 12.2. The van der Waals surface area contributed by atoms with Gasteiger partial charge in [-0.2, -0.15) is 0 Å². The summed E-state index contributed by atoms with van der Waals surface area (Å²) in [5.74, 6) is 1.56. The van der Waals surface area contributed by atoms with E-state index in [9.17, 15) is 4.39 Å². The van der Waals surface area contributed by atoms with Gasteiger partial charge in [-0.25, -0.2) is 4.39 Å². The van der Waals surface area contributed by atoms with Crippen molar-refractivity contribution in [3.63, 3.8) is 0 Å². The summed E-state index contributed by atoms with van der Waals surface area (Å²) in [4.78, 5) is 0. The first-order valence-electron chi connectivity index (χ1n) is 8.71. The number of benzene rings is 2. The smallest absolute Gasteiger partial charge is 0.191 e. The minimum atomic E-state index is -0.397. The lowest BCUT2D eigenvalue weighted by atomic mass is 10.1. The quantitative estimate of drug-likeness (QED) is 0.463. The van der Waals surface area contributed by atoms with Crippen molar-refractivity contribution in [2.75, 3.05) is 0 Å². The summed E-state index contributed by atoms with van der Waals surface area (Å²) in [6.45, 7) is 6.76. The topological polar surface area (TPSA) is 39.9 Å². The van der Waals surface area contributed by atoms with Crippen LogP contribution in [0.25, 0.3) is 0 Å². The van der Waals surface area contributed by atoms with Crippen LogP contribution in [0.5, 0.6) is 5.75 Å². The van der Waals surface area contributed by atoms with Gasteiger partial charge in [-0.1, -0.05) is 47.6 Å². The van der Waals surface area contributed by atoms with Crippen LogP contribution in [0.1, 0.15) is 36.9 Å². The van der Waals surface area contributed by atoms with Gasteiger partial charge in [0.15, 0.2) is 17.1 Å². The molecule has 4 nitrogen and oxygen atoms in total. The maximum atomic E-state index is 13.2. The number of thioether (sulfide) groups is 1. The average Bonchev–Trinajstić information content (AvgIpc) is 3.06. The van der Waals surface area contributed by atoms with Gasteiger partial charge in [-0.3, -0.25) is 0 Å². The number of halogens is 2. The summed E-state index contributed by atoms with van der Waals surface area (Å²) < 4.78 is 21.1. The summed E-state index contributed by atoms with van der Waals surface area (Å²) in [5.41, 5.74) is 2.53. The first-order valence-corrected chi connectivity index (χ1v) is 10.1. The Balaban J connectivity index is 1.75. The van der Waals surface area contributed by atoms with Crippen molar-refractivity contribution in [2.24, 2.45) is 0 Å². The molecule has 0 aliphatic carbocycles. The van der Waals surface area contributed by atoms with Gasteiger partial charge in [0.2, 0.25) is 0 Å². The molecule has 0 amide bonds. The molecule has 1 unspecified atom stereocenters. The van der Waals surface area contributed by atoms with Crippen LogP contribution in [0.4, 0.5) is 4.39 Å². The average molecular weight is 406 g/mol. The monoisotopic (exact) mass is 405 g/mol. The molecule has 0 spiro atoms. The van der Waals surface area contributed by atoms with Crippen molar-refractivity contribution in [3.05, 3.63) is 70.3 Å². The third kappa shape index (κ3) is 4.62. The molecule has 0 aliphatic heterocycles. The van der Waals surface area contributed by atoms with E-state index in [2.05, 4.69) is 29.3 Å². The first-order chi connectivity index (χ1) is 13.0. The van der Waals surface area contributed by atoms with E-state index in [1.807, 2.05) is 30.5 Å². The Labute approximate surface area is 167 Å². The van der Waals surface area contributed by atoms with Crippen LogP contribution in [-0.4, -0.2) is 14.8 Å². The zero-order chi connectivity index (χ0) is 19.4. The molecule has 1 aromatic heterocycles. The zero-order valence-corrected chi connectivity index (χ0v) is 17.0. The SMILES string of the molecule is CCn1c(SCc2ccccc2C)nnc1C(C)Oc1ccc(F)cc1Cl. The van der Waals surface area contributed by atoms with Crippen LogP contribution in [0.15, 0.2) is 47.6 Å². The molecule has 1 heterocycles. The van der Waals surface area contributed by atoms with E-state index in [-0.39, 0.29) is 11.1 Å². The maximum Gasteiger partial charge on any atom is 0.191 e. The molecule has 3 aromatic rings. The molecule has 1 atom stereocenters. The standard InChI is InChI=1S/C20H21ClFN3OS/c1-4-25-19(14(3)26-18-10-9-16(22)11-17(18)21)23-24-20(25)27-12-15-8-6-5-7-13(15)2/h5-11,14H,4,12H2,1-3H3. The number of nitrogens with zero attached hydrogens (tertiary/aromatic N) is 3. The predicted molar refractivity (Wildman–Crippen MR) is 107 cm³/mol. The highest BCUT2D eigenvalue weighted by molar-refractivity contribution is 7.98. The van der Waals surface area contributed by atoms with Crippen molar-refractivity contribution >= 4 is 23.4 Å². The Morgan fingerprint density at radius 2 is 2.00 bits per heavy atom. The molecule has 3 rings (SSSR count). The van der Waals surface area contributed by atoms with Crippen LogP contribution >= 0.6 is 23.4 Å². The number of aryl methyl sites for hydroxylation is 1. The van der Waals surface area contributed by atoms with Gasteiger partial charge in [-0.05, 0) is 50.1 Å². The van der Waals surface area contributed by atoms with Crippen LogP contribution in [0, 0.1) is 12.7 Å². The van der Waals surface area contributed by atoms with Gasteiger partial charge in [0.05, 0.1) is 5.02 Å². The van der Waals surface area contributed by atoms with E-state index >= 15 is 0 Å². The second kappa shape index (κ2) is 8.76. The Hall–Kier alpha value is -2.05. The fourth-order valence-electron chi connectivity index (χ4n) is 2.73. The minimum absolute atomic E-state index is 0.235. The lowest BCUT2D eigenvalue weighted by Crippen LogP contribution is -2.12. The summed E-state index contributed by atoms with van der Waals surface area (Å²) in [5, 5.41) is 9.73. The highest BCUT2D eigenvalue weighted by atomic mass is 35.5. The van der Waals surface area contributed by atoms with Crippen LogP contribution < -0.4 is 4.74 Å². The largest absolute Gasteiger partial charge is 0.481 e. The van der Waals surface area contributed by atoms with Crippen LogP contribution in [-0.2, 0) is 12.3 Å². The molecule has 0 radical (unpaired) electrons. The molecule has 0 aliphatic rings. The van der Waals surface area contributed by atoms with Crippen LogP contribution in [0.2, 0.25) is 5.02 Å². The third-order valence-electron chi connectivity index (χ3n) is 4.24. The molecule has 2 aromatic carbocycles. The van der Waals surface area contributed by atoms with Crippen molar-refractivity contribution in [1.82, 2.24) is 14.8 Å². The summed E-state index contributed by atoms with van der Waals surface area (Å²) in [6.07, 6.45) is -0.367. The van der Waals surface area contributed by atoms with E-state index < -0.39 is 5.82 Å². The molecule has 0 saturated heterocycles. The number of hydrogen-bond acceptors (Lipinski definition) is 4. The lowest BCUT2D eigenvalue weighted by Gasteiger charge is -2.16. The summed E-state index contributed by atoms with van der Waals surface area (Å²) >= 11 is 7.71. The van der Waals surface area contributed by atoms with E-state index in [1.165, 1.54) is 29.3 Å².